The van der Waals surface area contributed by atoms with Gasteiger partial charge in [-0.2, -0.15) is 0 Å². The summed E-state index contributed by atoms with van der Waals surface area (Å²) in [5.74, 6) is -1.19. The molecule has 0 N–H and O–H groups in total. The van der Waals surface area contributed by atoms with E-state index in [-0.39, 0.29) is 5.57 Å². The Labute approximate surface area is 94.8 Å². The maximum Gasteiger partial charge on any atom is 0.0666 e. The van der Waals surface area contributed by atoms with Gasteiger partial charge in [-0.25, -0.2) is 0 Å². The molecular weight excluding hydrogens is 200 g/mol. The molecule has 0 saturated carbocycles. The molecule has 0 aliphatic heterocycles. The molecule has 2 aromatic carbocycles. The molecule has 0 heterocycles. The Morgan fingerprint density at radius 2 is 1.25 bits per heavy atom. The van der Waals surface area contributed by atoms with Crippen molar-refractivity contribution < 1.29 is 9.90 Å². The van der Waals surface area contributed by atoms with E-state index in [4.69, 9.17) is 0 Å². The van der Waals surface area contributed by atoms with E-state index in [1.165, 1.54) is 17.7 Å². The third-order valence-electron chi connectivity index (χ3n) is 2.01. The lowest BCUT2D eigenvalue weighted by Crippen LogP contribution is -2.22. The first-order chi connectivity index (χ1) is 7.61. The van der Waals surface area contributed by atoms with Crippen LogP contribution in [0.3, 0.4) is 0 Å². The summed E-state index contributed by atoms with van der Waals surface area (Å²) in [4.78, 5) is 9.49. The summed E-state index contributed by atoms with van der Waals surface area (Å²) in [7, 11) is 0. The highest BCUT2D eigenvalue weighted by Crippen LogP contribution is 2.11. The van der Waals surface area contributed by atoms with Crippen LogP contribution in [0.1, 0.15) is 6.92 Å². The van der Waals surface area contributed by atoms with Crippen molar-refractivity contribution in [2.75, 3.05) is 0 Å². The van der Waals surface area contributed by atoms with Crippen LogP contribution in [-0.2, 0) is 4.79 Å². The largest absolute Gasteiger partial charge is 0.545 e. The highest BCUT2D eigenvalue weighted by atomic mass is 16.4. The minimum atomic E-state index is -1.19. The number of benzene rings is 2. The van der Waals surface area contributed by atoms with E-state index in [0.717, 1.165) is 0 Å². The summed E-state index contributed by atoms with van der Waals surface area (Å²) in [6, 6.07) is 16.7. The molecular formula is C14H13O2-. The lowest BCUT2D eigenvalue weighted by molar-refractivity contribution is -0.299. The molecule has 0 unspecified atom stereocenters. The number of carbonyl (C=O) groups is 1. The van der Waals surface area contributed by atoms with Crippen molar-refractivity contribution >= 4 is 16.7 Å². The van der Waals surface area contributed by atoms with Crippen LogP contribution in [0, 0.1) is 0 Å². The Balaban J connectivity index is 0.000000187. The summed E-state index contributed by atoms with van der Waals surface area (Å²) < 4.78 is 0. The van der Waals surface area contributed by atoms with Crippen LogP contribution in [0.5, 0.6) is 0 Å². The maximum absolute atomic E-state index is 9.49. The molecule has 0 fully saturated rings. The Kier molecular flexibility index (Phi) is 4.28. The van der Waals surface area contributed by atoms with Crippen molar-refractivity contribution in [3.05, 3.63) is 60.7 Å². The predicted molar refractivity (Wildman–Crippen MR) is 63.8 cm³/mol. The minimum absolute atomic E-state index is 0.0648. The molecule has 82 valence electrons. The highest BCUT2D eigenvalue weighted by molar-refractivity contribution is 5.83. The van der Waals surface area contributed by atoms with Crippen LogP contribution in [0.15, 0.2) is 60.7 Å². The fourth-order valence-electron chi connectivity index (χ4n) is 1.13. The van der Waals surface area contributed by atoms with Gasteiger partial charge in [0.2, 0.25) is 0 Å². The van der Waals surface area contributed by atoms with E-state index < -0.39 is 5.97 Å². The van der Waals surface area contributed by atoms with Crippen molar-refractivity contribution in [3.63, 3.8) is 0 Å². The molecule has 0 aliphatic rings. The zero-order chi connectivity index (χ0) is 12.0. The fraction of sp³-hybridized carbons (Fsp3) is 0.0714. The second-order valence-corrected chi connectivity index (χ2v) is 3.41. The highest BCUT2D eigenvalue weighted by Gasteiger charge is 1.85. The molecule has 2 rings (SSSR count). The smallest absolute Gasteiger partial charge is 0.0666 e. The number of rotatable bonds is 1. The number of carboxylic acid groups (broad SMARTS) is 1. The minimum Gasteiger partial charge on any atom is -0.545 e. The number of hydrogen-bond acceptors (Lipinski definition) is 2. The summed E-state index contributed by atoms with van der Waals surface area (Å²) in [5, 5.41) is 12.1. The zero-order valence-electron chi connectivity index (χ0n) is 9.14. The lowest BCUT2D eigenvalue weighted by atomic mass is 10.1. The first kappa shape index (κ1) is 12.0. The van der Waals surface area contributed by atoms with Crippen LogP contribution in [0.25, 0.3) is 10.8 Å². The van der Waals surface area contributed by atoms with E-state index in [1.54, 1.807) is 0 Å². The molecule has 0 amide bonds. The van der Waals surface area contributed by atoms with E-state index in [2.05, 4.69) is 55.1 Å². The molecule has 0 spiro atoms. The van der Waals surface area contributed by atoms with Gasteiger partial charge in [-0.05, 0) is 23.3 Å². The van der Waals surface area contributed by atoms with Gasteiger partial charge in [0.15, 0.2) is 0 Å². The molecule has 0 aliphatic carbocycles. The van der Waals surface area contributed by atoms with E-state index in [0.29, 0.717) is 0 Å². The molecule has 2 nitrogen and oxygen atoms in total. The number of aliphatic carboxylic acids is 1. The van der Waals surface area contributed by atoms with Crippen molar-refractivity contribution in [1.82, 2.24) is 0 Å². The van der Waals surface area contributed by atoms with Gasteiger partial charge >= 0.3 is 0 Å². The molecule has 0 saturated heterocycles. The van der Waals surface area contributed by atoms with E-state index >= 15 is 0 Å². The molecule has 2 aromatic rings. The number of fused-ring (bicyclic) bond motifs is 1. The predicted octanol–water partition coefficient (Wildman–Crippen LogP) is 2.15. The summed E-state index contributed by atoms with van der Waals surface area (Å²) >= 11 is 0. The quantitative estimate of drug-likeness (QED) is 0.681. The lowest BCUT2D eigenvalue weighted by Gasteiger charge is -1.93. The number of carboxylic acids is 1. The topological polar surface area (TPSA) is 40.1 Å². The van der Waals surface area contributed by atoms with Gasteiger partial charge in [0, 0.05) is 0 Å². The second-order valence-electron chi connectivity index (χ2n) is 3.41. The Morgan fingerprint density at radius 1 is 1.00 bits per heavy atom. The summed E-state index contributed by atoms with van der Waals surface area (Å²) in [5.41, 5.74) is 0.0648. The van der Waals surface area contributed by atoms with Crippen LogP contribution in [-0.4, -0.2) is 5.97 Å². The van der Waals surface area contributed by atoms with Gasteiger partial charge in [-0.15, -0.1) is 0 Å². The average molecular weight is 213 g/mol. The Hall–Kier alpha value is -2.09. The molecule has 0 atom stereocenters. The fourth-order valence-corrected chi connectivity index (χ4v) is 1.13. The first-order valence-electron chi connectivity index (χ1n) is 4.92. The van der Waals surface area contributed by atoms with Crippen LogP contribution >= 0.6 is 0 Å². The normalized spacial score (nSPS) is 9.06. The average Bonchev–Trinajstić information content (AvgIpc) is 2.30. The van der Waals surface area contributed by atoms with Crippen molar-refractivity contribution in [1.29, 1.82) is 0 Å². The molecule has 0 radical (unpaired) electrons. The zero-order valence-corrected chi connectivity index (χ0v) is 9.14. The Bertz CT molecular complexity index is 423. The van der Waals surface area contributed by atoms with Crippen LogP contribution in [0.2, 0.25) is 0 Å². The number of hydrogen-bond donors (Lipinski definition) is 0. The first-order valence-corrected chi connectivity index (χ1v) is 4.92. The third-order valence-corrected chi connectivity index (χ3v) is 2.01. The van der Waals surface area contributed by atoms with Crippen LogP contribution in [0.4, 0.5) is 0 Å². The Morgan fingerprint density at radius 3 is 1.44 bits per heavy atom. The van der Waals surface area contributed by atoms with Gasteiger partial charge in [-0.1, -0.05) is 55.1 Å². The van der Waals surface area contributed by atoms with Gasteiger partial charge in [0.25, 0.3) is 0 Å². The number of carbonyl (C=O) groups excluding carboxylic acids is 1. The monoisotopic (exact) mass is 213 g/mol. The van der Waals surface area contributed by atoms with Crippen molar-refractivity contribution in [3.8, 4) is 0 Å². The molecule has 2 heteroatoms. The summed E-state index contributed by atoms with van der Waals surface area (Å²) in [6.45, 7) is 4.48. The third kappa shape index (κ3) is 3.58. The van der Waals surface area contributed by atoms with Gasteiger partial charge < -0.3 is 9.90 Å². The standard InChI is InChI=1S/C10H8.C4H6O2/c1-2-6-10-8-4-3-7-9(10)5-1;1-3(2)4(5)6/h1-8H;1H2,2H3,(H,5,6)/p-1. The van der Waals surface area contributed by atoms with Crippen molar-refractivity contribution in [2.24, 2.45) is 0 Å². The summed E-state index contributed by atoms with van der Waals surface area (Å²) in [6.07, 6.45) is 0. The van der Waals surface area contributed by atoms with Gasteiger partial charge in [0.05, 0.1) is 5.97 Å². The molecule has 0 aromatic heterocycles. The van der Waals surface area contributed by atoms with Crippen LogP contribution < -0.4 is 5.11 Å². The van der Waals surface area contributed by atoms with Crippen molar-refractivity contribution in [2.45, 2.75) is 6.92 Å². The van der Waals surface area contributed by atoms with E-state index in [9.17, 15) is 9.90 Å². The SMILES string of the molecule is C=C(C)C(=O)[O-].c1ccc2ccccc2c1. The van der Waals surface area contributed by atoms with E-state index in [1.807, 2.05) is 0 Å². The molecule has 16 heavy (non-hydrogen) atoms. The molecule has 0 bridgehead atoms. The van der Waals surface area contributed by atoms with Gasteiger partial charge in [-0.3, -0.25) is 0 Å². The maximum atomic E-state index is 9.49. The van der Waals surface area contributed by atoms with Gasteiger partial charge in [0.1, 0.15) is 0 Å². The second kappa shape index (κ2) is 5.71.